The number of aromatic nitrogens is 2. The summed E-state index contributed by atoms with van der Waals surface area (Å²) in [6, 6.07) is 17.9. The Kier molecular flexibility index (Phi) is 17.4. The predicted molar refractivity (Wildman–Crippen MR) is 211 cm³/mol. The molecule has 14 nitrogen and oxygen atoms in total. The predicted octanol–water partition coefficient (Wildman–Crippen LogP) is 7.90. The molecule has 306 valence electrons. The molecule has 0 aliphatic rings. The Bertz CT molecular complexity index is 1950. The zero-order valence-corrected chi connectivity index (χ0v) is 32.9. The number of alkyl halides is 3. The number of aryl methyl sites for hydroxylation is 2. The summed E-state index contributed by atoms with van der Waals surface area (Å²) in [5.74, 6) is -0.845. The average Bonchev–Trinajstić information content (AvgIpc) is 3.53. The molecule has 3 aromatic carbocycles. The van der Waals surface area contributed by atoms with E-state index in [4.69, 9.17) is 28.7 Å². The lowest BCUT2D eigenvalue weighted by Gasteiger charge is -2.12. The van der Waals surface area contributed by atoms with Gasteiger partial charge in [0.2, 0.25) is 0 Å². The van der Waals surface area contributed by atoms with Gasteiger partial charge in [-0.05, 0) is 90.7 Å². The lowest BCUT2D eigenvalue weighted by molar-refractivity contribution is -0.274. The second-order valence-electron chi connectivity index (χ2n) is 12.4. The van der Waals surface area contributed by atoms with Crippen LogP contribution in [0.15, 0.2) is 83.0 Å². The summed E-state index contributed by atoms with van der Waals surface area (Å²) in [5.41, 5.74) is 8.31. The maximum absolute atomic E-state index is 12.8. The van der Waals surface area contributed by atoms with Gasteiger partial charge < -0.3 is 33.7 Å². The van der Waals surface area contributed by atoms with E-state index >= 15 is 0 Å². The normalized spacial score (nSPS) is 11.9. The van der Waals surface area contributed by atoms with Crippen LogP contribution in [0, 0.1) is 13.8 Å². The van der Waals surface area contributed by atoms with Crippen molar-refractivity contribution in [2.24, 2.45) is 10.1 Å². The summed E-state index contributed by atoms with van der Waals surface area (Å²) >= 11 is 1.13. The van der Waals surface area contributed by atoms with E-state index in [9.17, 15) is 22.8 Å². The largest absolute Gasteiger partial charge is 0.573 e. The molecule has 0 saturated heterocycles. The van der Waals surface area contributed by atoms with Crippen LogP contribution in [0.2, 0.25) is 0 Å². The number of hydrogen-bond acceptors (Lipinski definition) is 12. The average molecular weight is 815 g/mol. The molecule has 0 aliphatic heterocycles. The summed E-state index contributed by atoms with van der Waals surface area (Å²) in [6.07, 6.45) is -2.45. The number of benzene rings is 3. The summed E-state index contributed by atoms with van der Waals surface area (Å²) in [4.78, 5) is 29.8. The number of carbonyl (C=O) groups excluding carboxylic acids is 2. The van der Waals surface area contributed by atoms with Gasteiger partial charge in [-0.25, -0.2) is 14.5 Å². The highest BCUT2D eigenvalue weighted by Crippen LogP contribution is 2.29. The number of hydrazone groups is 1. The number of halogens is 3. The van der Waals surface area contributed by atoms with Crippen molar-refractivity contribution in [1.29, 1.82) is 0 Å². The number of nitrogens with one attached hydrogen (secondary N) is 2. The number of amides is 1. The van der Waals surface area contributed by atoms with Crippen molar-refractivity contribution < 1.29 is 51.2 Å². The molecule has 0 unspecified atom stereocenters. The molecule has 0 fully saturated rings. The minimum absolute atomic E-state index is 0.0212. The number of methoxy groups -OCH3 is 1. The van der Waals surface area contributed by atoms with E-state index in [1.807, 2.05) is 49.4 Å². The van der Waals surface area contributed by atoms with E-state index in [1.165, 1.54) is 12.1 Å². The Morgan fingerprint density at radius 3 is 2.26 bits per heavy atom. The maximum Gasteiger partial charge on any atom is 0.573 e. The summed E-state index contributed by atoms with van der Waals surface area (Å²) < 4.78 is 68.8. The molecule has 4 rings (SSSR count). The Morgan fingerprint density at radius 2 is 1.60 bits per heavy atom. The third-order valence-corrected chi connectivity index (χ3v) is 8.37. The first-order valence-corrected chi connectivity index (χ1v) is 18.7. The highest BCUT2D eigenvalue weighted by Gasteiger charge is 2.31. The van der Waals surface area contributed by atoms with Crippen LogP contribution in [-0.2, 0) is 23.7 Å². The molecule has 1 heterocycles. The van der Waals surface area contributed by atoms with Crippen molar-refractivity contribution in [1.82, 2.24) is 15.2 Å². The van der Waals surface area contributed by atoms with Gasteiger partial charge in [0, 0.05) is 12.7 Å². The van der Waals surface area contributed by atoms with E-state index in [1.54, 1.807) is 31.1 Å². The number of nitrogens with zero attached hydrogens (tertiary/aromatic N) is 4. The fraction of sp³-hybridized carbons (Fsp3) is 0.359. The van der Waals surface area contributed by atoms with Crippen LogP contribution < -0.4 is 15.5 Å². The second kappa shape index (κ2) is 22.3. The van der Waals surface area contributed by atoms with Crippen LogP contribution in [0.4, 0.5) is 29.3 Å². The van der Waals surface area contributed by atoms with Gasteiger partial charge in [0.25, 0.3) is 5.91 Å². The van der Waals surface area contributed by atoms with Gasteiger partial charge in [-0.1, -0.05) is 38.1 Å². The molecule has 1 amide bonds. The van der Waals surface area contributed by atoms with Crippen LogP contribution in [0.5, 0.6) is 5.75 Å². The molecule has 0 saturated carbocycles. The topological polar surface area (TPSA) is 156 Å². The first-order valence-electron chi connectivity index (χ1n) is 17.7. The lowest BCUT2D eigenvalue weighted by atomic mass is 10.00. The Hall–Kier alpha value is -5.43. The summed E-state index contributed by atoms with van der Waals surface area (Å²) in [7, 11) is 1.60. The van der Waals surface area contributed by atoms with E-state index in [0.29, 0.717) is 48.7 Å². The van der Waals surface area contributed by atoms with Crippen molar-refractivity contribution in [3.8, 4) is 11.4 Å². The van der Waals surface area contributed by atoms with Gasteiger partial charge in [-0.2, -0.15) is 10.2 Å². The zero-order valence-electron chi connectivity index (χ0n) is 32.1. The Balaban J connectivity index is 1.34. The maximum atomic E-state index is 12.8. The van der Waals surface area contributed by atoms with Crippen LogP contribution >= 0.6 is 11.8 Å². The second-order valence-corrected chi connectivity index (χ2v) is 13.3. The number of hydrogen-bond donors (Lipinski definition) is 2. The van der Waals surface area contributed by atoms with Crippen molar-refractivity contribution >= 4 is 46.6 Å². The number of thioether (sulfide) groups is 1. The number of carbonyl (C=O) groups is 2. The SMILES string of the molecule is COCCOCCOCCOC(=O)OCSC(=Nc1cc(C)ccc1C(C)C)N/N=C/c1ccc(-n2cc(NC(=O)c3ccc(OC(F)(F)F)cc3)c(C)n2)cc1. The van der Waals surface area contributed by atoms with Gasteiger partial charge in [-0.3, -0.25) is 10.2 Å². The highest BCUT2D eigenvalue weighted by molar-refractivity contribution is 8.13. The molecule has 57 heavy (non-hydrogen) atoms. The zero-order chi connectivity index (χ0) is 41.2. The van der Waals surface area contributed by atoms with E-state index in [2.05, 4.69) is 39.5 Å². The fourth-order valence-electron chi connectivity index (χ4n) is 4.85. The number of ether oxygens (including phenoxy) is 6. The molecule has 2 N–H and O–H groups in total. The number of amidine groups is 1. The number of anilines is 1. The molecule has 0 atom stereocenters. The first kappa shape index (κ1) is 44.3. The van der Waals surface area contributed by atoms with Crippen LogP contribution in [0.25, 0.3) is 5.69 Å². The molecule has 18 heteroatoms. The van der Waals surface area contributed by atoms with Gasteiger partial charge in [0.1, 0.15) is 18.3 Å². The van der Waals surface area contributed by atoms with Crippen molar-refractivity contribution in [3.05, 3.63) is 101 Å². The van der Waals surface area contributed by atoms with Crippen LogP contribution in [0.3, 0.4) is 0 Å². The van der Waals surface area contributed by atoms with Crippen molar-refractivity contribution in [2.45, 2.75) is 40.0 Å². The van der Waals surface area contributed by atoms with Crippen LogP contribution in [0.1, 0.15) is 52.5 Å². The van der Waals surface area contributed by atoms with Crippen LogP contribution in [-0.4, -0.2) is 92.3 Å². The number of aliphatic imine (C=N–C) groups is 1. The van der Waals surface area contributed by atoms with Gasteiger partial charge in [0.15, 0.2) is 5.17 Å². The Morgan fingerprint density at radius 1 is 0.912 bits per heavy atom. The molecule has 0 radical (unpaired) electrons. The first-order chi connectivity index (χ1) is 27.3. The summed E-state index contributed by atoms with van der Waals surface area (Å²) in [6.45, 7) is 9.80. The molecule has 0 aliphatic carbocycles. The minimum atomic E-state index is -4.83. The van der Waals surface area contributed by atoms with Gasteiger partial charge >= 0.3 is 12.5 Å². The molecule has 0 bridgehead atoms. The molecule has 0 spiro atoms. The van der Waals surface area contributed by atoms with Crippen molar-refractivity contribution in [2.75, 3.05) is 58.0 Å². The van der Waals surface area contributed by atoms with Gasteiger partial charge in [-0.15, -0.1) is 13.2 Å². The molecular weight excluding hydrogens is 770 g/mol. The smallest absolute Gasteiger partial charge is 0.432 e. The standard InChI is InChI=1S/C39H45F3N6O8S/c1-26(2)33-15-6-27(3)22-34(33)45-37(57-25-55-38(50)54-21-20-53-19-18-52-17-16-51-5)46-43-23-29-7-11-31(12-8-29)48-24-35(28(4)47-48)44-36(49)30-9-13-32(14-10-30)56-39(40,41)42/h6-15,22-24,26H,16-21,25H2,1-5H3,(H,44,49)(H,45,46)/b43-23+. The Labute approximate surface area is 332 Å². The minimum Gasteiger partial charge on any atom is -0.432 e. The highest BCUT2D eigenvalue weighted by atomic mass is 32.2. The third-order valence-electron chi connectivity index (χ3n) is 7.68. The third kappa shape index (κ3) is 15.6. The quantitative estimate of drug-likeness (QED) is 0.0237. The van der Waals surface area contributed by atoms with E-state index < -0.39 is 24.2 Å². The molecule has 1 aromatic heterocycles. The molecular formula is C39H45F3N6O8S. The van der Waals surface area contributed by atoms with E-state index in [-0.39, 0.29) is 30.6 Å². The molecule has 4 aromatic rings. The van der Waals surface area contributed by atoms with E-state index in [0.717, 1.165) is 46.3 Å². The number of rotatable bonds is 19. The summed E-state index contributed by atoms with van der Waals surface area (Å²) in [5, 5.41) is 12.0. The van der Waals surface area contributed by atoms with Gasteiger partial charge in [0.05, 0.1) is 68.2 Å². The monoisotopic (exact) mass is 814 g/mol. The fourth-order valence-corrected chi connectivity index (χ4v) is 5.40. The lowest BCUT2D eigenvalue weighted by Crippen LogP contribution is -2.17. The van der Waals surface area contributed by atoms with Crippen molar-refractivity contribution in [3.63, 3.8) is 0 Å².